The molecule has 2 aromatic rings. The van der Waals surface area contributed by atoms with Gasteiger partial charge < -0.3 is 9.47 Å². The van der Waals surface area contributed by atoms with E-state index >= 15 is 0 Å². The average molecular weight is 425 g/mol. The summed E-state index contributed by atoms with van der Waals surface area (Å²) in [6.45, 7) is 3.83. The van der Waals surface area contributed by atoms with Crippen LogP contribution >= 0.6 is 0 Å². The van der Waals surface area contributed by atoms with Crippen LogP contribution in [0.25, 0.3) is 11.3 Å². The number of carbonyl (C=O) groups is 1. The number of carbonyl (C=O) groups excluding carboxylic acids is 1. The number of alkyl halides is 3. The van der Waals surface area contributed by atoms with Crippen LogP contribution in [0.2, 0.25) is 0 Å². The first kappa shape index (κ1) is 21.8. The Bertz CT molecular complexity index is 855. The third-order valence-electron chi connectivity index (χ3n) is 4.76. The molecule has 0 spiro atoms. The Morgan fingerprint density at radius 2 is 1.97 bits per heavy atom. The summed E-state index contributed by atoms with van der Waals surface area (Å²) in [5, 5.41) is 0. The molecule has 0 aromatic carbocycles. The molecule has 30 heavy (non-hydrogen) atoms. The minimum atomic E-state index is -4.43. The molecule has 1 aliphatic carbocycles. The van der Waals surface area contributed by atoms with Crippen molar-refractivity contribution in [2.45, 2.75) is 51.0 Å². The third-order valence-corrected chi connectivity index (χ3v) is 4.76. The number of halogens is 3. The fourth-order valence-corrected chi connectivity index (χ4v) is 2.83. The molecule has 0 radical (unpaired) electrons. The summed E-state index contributed by atoms with van der Waals surface area (Å²) in [4.78, 5) is 24.1. The number of rotatable bonds is 8. The molecule has 1 amide bonds. The molecule has 3 rings (SSSR count). The minimum absolute atomic E-state index is 0.0697. The van der Waals surface area contributed by atoms with Crippen molar-refractivity contribution in [2.75, 3.05) is 12.0 Å². The van der Waals surface area contributed by atoms with E-state index in [-0.39, 0.29) is 24.6 Å². The summed E-state index contributed by atoms with van der Waals surface area (Å²) in [6, 6.07) is 2.94. The van der Waals surface area contributed by atoms with Gasteiger partial charge in [0.1, 0.15) is 6.10 Å². The number of ether oxygens (including phenoxy) is 2. The molecule has 2 heterocycles. The van der Waals surface area contributed by atoms with Gasteiger partial charge in [0.05, 0.1) is 18.1 Å². The Balaban J connectivity index is 1.60. The van der Waals surface area contributed by atoms with Crippen LogP contribution in [0.4, 0.5) is 19.0 Å². The molecule has 1 saturated carbocycles. The third kappa shape index (κ3) is 4.78. The highest BCUT2D eigenvalue weighted by Gasteiger charge is 2.61. The Hall–Kier alpha value is -2.95. The van der Waals surface area contributed by atoms with E-state index in [1.165, 1.54) is 24.7 Å². The van der Waals surface area contributed by atoms with Gasteiger partial charge in [0.15, 0.2) is 5.82 Å². The standard InChI is InChI=1S/C19H22F3N5O3/c1-3-29-12(2)17(28)27-26-15-11-23-14(10-24-15)13-5-6-16(25-9-13)30-18(7-4-8-18)19(20,21)22/h5-6,9-12H,3-4,7-8H2,1-2H3,(H,24,26)(H,27,28). The van der Waals surface area contributed by atoms with E-state index in [4.69, 9.17) is 9.47 Å². The van der Waals surface area contributed by atoms with Gasteiger partial charge in [0.2, 0.25) is 11.5 Å². The van der Waals surface area contributed by atoms with Gasteiger partial charge in [-0.3, -0.25) is 20.6 Å². The second kappa shape index (κ2) is 8.82. The largest absolute Gasteiger partial charge is 0.461 e. The zero-order chi connectivity index (χ0) is 21.8. The van der Waals surface area contributed by atoms with Crippen LogP contribution in [0.3, 0.4) is 0 Å². The van der Waals surface area contributed by atoms with E-state index in [0.717, 1.165) is 0 Å². The predicted octanol–water partition coefficient (Wildman–Crippen LogP) is 3.27. The predicted molar refractivity (Wildman–Crippen MR) is 101 cm³/mol. The average Bonchev–Trinajstić information content (AvgIpc) is 2.69. The zero-order valence-electron chi connectivity index (χ0n) is 16.5. The molecule has 1 aliphatic rings. The summed E-state index contributed by atoms with van der Waals surface area (Å²) in [7, 11) is 0. The first-order valence-electron chi connectivity index (χ1n) is 9.46. The van der Waals surface area contributed by atoms with Crippen molar-refractivity contribution < 1.29 is 27.4 Å². The molecule has 8 nitrogen and oxygen atoms in total. The molecule has 11 heteroatoms. The molecule has 0 saturated heterocycles. The maximum absolute atomic E-state index is 13.2. The number of aromatic nitrogens is 3. The lowest BCUT2D eigenvalue weighted by atomic mass is 9.79. The highest BCUT2D eigenvalue weighted by Crippen LogP contribution is 2.47. The second-order valence-corrected chi connectivity index (χ2v) is 6.83. The number of pyridine rings is 1. The lowest BCUT2D eigenvalue weighted by molar-refractivity contribution is -0.275. The highest BCUT2D eigenvalue weighted by atomic mass is 19.4. The Kier molecular flexibility index (Phi) is 6.40. The molecular formula is C19H22F3N5O3. The number of hydrazine groups is 1. The van der Waals surface area contributed by atoms with E-state index in [0.29, 0.717) is 30.1 Å². The van der Waals surface area contributed by atoms with Crippen molar-refractivity contribution in [1.82, 2.24) is 20.4 Å². The summed E-state index contributed by atoms with van der Waals surface area (Å²) in [5.74, 6) is -0.139. The Morgan fingerprint density at radius 1 is 1.20 bits per heavy atom. The highest BCUT2D eigenvalue weighted by molar-refractivity contribution is 5.81. The second-order valence-electron chi connectivity index (χ2n) is 6.83. The molecule has 1 atom stereocenters. The fourth-order valence-electron chi connectivity index (χ4n) is 2.83. The van der Waals surface area contributed by atoms with Crippen molar-refractivity contribution in [3.8, 4) is 17.1 Å². The molecule has 1 fully saturated rings. The van der Waals surface area contributed by atoms with Crippen molar-refractivity contribution in [3.05, 3.63) is 30.7 Å². The molecule has 0 bridgehead atoms. The summed E-state index contributed by atoms with van der Waals surface area (Å²) >= 11 is 0. The maximum atomic E-state index is 13.2. The van der Waals surface area contributed by atoms with Gasteiger partial charge in [0, 0.05) is 24.4 Å². The SMILES string of the molecule is CCOC(C)C(=O)NNc1cnc(-c2ccc(OC3(C(F)(F)F)CCC3)nc2)cn1. The van der Waals surface area contributed by atoms with Gasteiger partial charge >= 0.3 is 6.18 Å². The van der Waals surface area contributed by atoms with Crippen LogP contribution in [0, 0.1) is 0 Å². The van der Waals surface area contributed by atoms with Crippen LogP contribution in [-0.4, -0.2) is 45.3 Å². The summed E-state index contributed by atoms with van der Waals surface area (Å²) in [6.07, 6.45) is -0.494. The van der Waals surface area contributed by atoms with Crippen molar-refractivity contribution in [3.63, 3.8) is 0 Å². The zero-order valence-corrected chi connectivity index (χ0v) is 16.5. The van der Waals surface area contributed by atoms with E-state index in [1.54, 1.807) is 19.9 Å². The minimum Gasteiger partial charge on any atom is -0.461 e. The number of nitrogens with zero attached hydrogens (tertiary/aromatic N) is 3. The molecule has 1 unspecified atom stereocenters. The normalized spacial score (nSPS) is 16.3. The number of hydrogen-bond donors (Lipinski definition) is 2. The number of nitrogens with one attached hydrogen (secondary N) is 2. The van der Waals surface area contributed by atoms with Crippen LogP contribution in [0.5, 0.6) is 5.88 Å². The van der Waals surface area contributed by atoms with Crippen molar-refractivity contribution in [2.24, 2.45) is 0 Å². The van der Waals surface area contributed by atoms with E-state index in [2.05, 4.69) is 25.8 Å². The van der Waals surface area contributed by atoms with Crippen molar-refractivity contribution in [1.29, 1.82) is 0 Å². The smallest absolute Gasteiger partial charge is 0.428 e. The van der Waals surface area contributed by atoms with Crippen LogP contribution in [-0.2, 0) is 9.53 Å². The number of anilines is 1. The van der Waals surface area contributed by atoms with Gasteiger partial charge in [0.25, 0.3) is 5.91 Å². The quantitative estimate of drug-likeness (QED) is 0.627. The van der Waals surface area contributed by atoms with Crippen LogP contribution in [0.15, 0.2) is 30.7 Å². The van der Waals surface area contributed by atoms with Crippen LogP contribution < -0.4 is 15.6 Å². The molecule has 162 valence electrons. The first-order chi connectivity index (χ1) is 14.2. The van der Waals surface area contributed by atoms with Crippen LogP contribution in [0.1, 0.15) is 33.1 Å². The molecule has 2 aromatic heterocycles. The molecule has 0 aliphatic heterocycles. The first-order valence-corrected chi connectivity index (χ1v) is 9.46. The lowest BCUT2D eigenvalue weighted by Gasteiger charge is -2.42. The number of amides is 1. The Labute approximate surface area is 171 Å². The molecule has 2 N–H and O–H groups in total. The topological polar surface area (TPSA) is 98.3 Å². The van der Waals surface area contributed by atoms with Gasteiger partial charge in [-0.2, -0.15) is 13.2 Å². The molecular weight excluding hydrogens is 403 g/mol. The van der Waals surface area contributed by atoms with Gasteiger partial charge in [-0.05, 0) is 39.2 Å². The summed E-state index contributed by atoms with van der Waals surface area (Å²) < 4.78 is 50.0. The monoisotopic (exact) mass is 425 g/mol. The lowest BCUT2D eigenvalue weighted by Crippen LogP contribution is -2.55. The van der Waals surface area contributed by atoms with Gasteiger partial charge in [-0.1, -0.05) is 0 Å². The van der Waals surface area contributed by atoms with Gasteiger partial charge in [-0.15, -0.1) is 0 Å². The summed E-state index contributed by atoms with van der Waals surface area (Å²) in [5.41, 5.74) is 3.97. The van der Waals surface area contributed by atoms with Gasteiger partial charge in [-0.25, -0.2) is 9.97 Å². The van der Waals surface area contributed by atoms with E-state index in [1.807, 2.05) is 0 Å². The maximum Gasteiger partial charge on any atom is 0.428 e. The van der Waals surface area contributed by atoms with E-state index in [9.17, 15) is 18.0 Å². The fraction of sp³-hybridized carbons (Fsp3) is 0.474. The van der Waals surface area contributed by atoms with E-state index < -0.39 is 17.9 Å². The number of hydrogen-bond acceptors (Lipinski definition) is 7. The van der Waals surface area contributed by atoms with Crippen molar-refractivity contribution >= 4 is 11.7 Å². The Morgan fingerprint density at radius 3 is 2.47 bits per heavy atom.